The second-order valence-corrected chi connectivity index (χ2v) is 12.2. The van der Waals surface area contributed by atoms with Crippen LogP contribution in [-0.2, 0) is 43.6 Å². The van der Waals surface area contributed by atoms with Gasteiger partial charge in [-0.15, -0.1) is 0 Å². The fourth-order valence-electron chi connectivity index (χ4n) is 6.61. The highest BCUT2D eigenvalue weighted by molar-refractivity contribution is 5.87. The first-order chi connectivity index (χ1) is 22.1. The number of aliphatic hydroxyl groups is 2. The molecular weight excluding hydrogens is 620 g/mol. The largest absolute Gasteiger partial charge is 0.493 e. The summed E-state index contributed by atoms with van der Waals surface area (Å²) < 4.78 is 27.9. The number of hydrogen-bond donors (Lipinski definition) is 4. The summed E-state index contributed by atoms with van der Waals surface area (Å²) in [4.78, 5) is 63.7. The first kappa shape index (κ1) is 35.6. The van der Waals surface area contributed by atoms with Crippen LogP contribution in [0.15, 0.2) is 24.0 Å². The lowest BCUT2D eigenvalue weighted by Crippen LogP contribution is -2.71. The Labute approximate surface area is 271 Å². The number of rotatable bonds is 12. The Balaban J connectivity index is 1.59. The summed E-state index contributed by atoms with van der Waals surface area (Å²) in [5.74, 6) is -4.55. The van der Waals surface area contributed by atoms with Gasteiger partial charge >= 0.3 is 23.9 Å². The summed E-state index contributed by atoms with van der Waals surface area (Å²) in [6, 6.07) is 3.32. The fraction of sp³-hybridized carbons (Fsp3) is 0.594. The van der Waals surface area contributed by atoms with E-state index < -0.39 is 78.1 Å². The highest BCUT2D eigenvalue weighted by Crippen LogP contribution is 2.62. The van der Waals surface area contributed by atoms with E-state index in [1.807, 2.05) is 27.0 Å². The molecule has 0 aromatic heterocycles. The van der Waals surface area contributed by atoms with Crippen LogP contribution in [0.25, 0.3) is 0 Å². The van der Waals surface area contributed by atoms with E-state index >= 15 is 0 Å². The topological polar surface area (TPSA) is 207 Å². The Hall–Kier alpha value is -4.21. The van der Waals surface area contributed by atoms with Crippen molar-refractivity contribution in [3.63, 3.8) is 0 Å². The third-order valence-corrected chi connectivity index (χ3v) is 9.30. The van der Waals surface area contributed by atoms with Crippen molar-refractivity contribution in [3.8, 4) is 11.5 Å². The van der Waals surface area contributed by atoms with Gasteiger partial charge in [-0.2, -0.15) is 0 Å². The zero-order valence-corrected chi connectivity index (χ0v) is 27.2. The van der Waals surface area contributed by atoms with Crippen LogP contribution < -0.4 is 14.8 Å². The van der Waals surface area contributed by atoms with Crippen LogP contribution in [0.4, 0.5) is 0 Å². The average molecular weight is 663 g/mol. The van der Waals surface area contributed by atoms with E-state index in [0.717, 1.165) is 18.1 Å². The van der Waals surface area contributed by atoms with Gasteiger partial charge in [0.2, 0.25) is 12.0 Å². The van der Waals surface area contributed by atoms with Crippen molar-refractivity contribution < 1.29 is 63.0 Å². The molecule has 4 N–H and O–H groups in total. The Morgan fingerprint density at radius 3 is 2.49 bits per heavy atom. The summed E-state index contributed by atoms with van der Waals surface area (Å²) in [7, 11) is 3.42. The second kappa shape index (κ2) is 13.9. The van der Waals surface area contributed by atoms with Crippen molar-refractivity contribution in [2.75, 3.05) is 27.2 Å². The SMILES string of the molecule is COc1ccc(C)c2c1O[C@H]1C(OC(=O)C[C@H](OC(=O)CCNC(=O)[C@H](C)O)C(=O)O[C@@H](C)C(=O)O)=CC[C@@]3(O)[C@@H](C)N(C)CC[C@]213. The molecule has 1 saturated heterocycles. The van der Waals surface area contributed by atoms with Crippen LogP contribution >= 0.6 is 0 Å². The highest BCUT2D eigenvalue weighted by atomic mass is 16.6. The summed E-state index contributed by atoms with van der Waals surface area (Å²) in [5, 5.41) is 33.2. The number of nitrogens with zero attached hydrogens (tertiary/aromatic N) is 1. The number of fused-ring (bicyclic) bond motifs is 1. The van der Waals surface area contributed by atoms with Gasteiger partial charge in [-0.1, -0.05) is 6.07 Å². The lowest BCUT2D eigenvalue weighted by atomic mass is 9.54. The third-order valence-electron chi connectivity index (χ3n) is 9.30. The summed E-state index contributed by atoms with van der Waals surface area (Å²) in [5.41, 5.74) is -0.749. The number of carbonyl (C=O) groups excluding carboxylic acids is 4. The summed E-state index contributed by atoms with van der Waals surface area (Å²) in [6.45, 7) is 6.52. The number of nitrogens with one attached hydrogen (secondary N) is 1. The Morgan fingerprint density at radius 1 is 1.15 bits per heavy atom. The number of amides is 1. The number of carboxylic acid groups (broad SMARTS) is 1. The van der Waals surface area contributed by atoms with Gasteiger partial charge in [-0.05, 0) is 65.4 Å². The minimum Gasteiger partial charge on any atom is -0.493 e. The zero-order valence-electron chi connectivity index (χ0n) is 27.2. The number of carbonyl (C=O) groups is 5. The fourth-order valence-corrected chi connectivity index (χ4v) is 6.61. The molecule has 0 bridgehead atoms. The van der Waals surface area contributed by atoms with Crippen molar-refractivity contribution >= 4 is 29.8 Å². The predicted molar refractivity (Wildman–Crippen MR) is 161 cm³/mol. The molecule has 2 heterocycles. The molecule has 47 heavy (non-hydrogen) atoms. The molecule has 0 saturated carbocycles. The quantitative estimate of drug-likeness (QED) is 0.178. The van der Waals surface area contributed by atoms with Gasteiger partial charge in [-0.25, -0.2) is 9.59 Å². The van der Waals surface area contributed by atoms with Crippen molar-refractivity contribution in [2.45, 2.75) is 94.9 Å². The minimum atomic E-state index is -1.88. The maximum atomic E-state index is 13.4. The van der Waals surface area contributed by atoms with E-state index in [9.17, 15) is 39.3 Å². The summed E-state index contributed by atoms with van der Waals surface area (Å²) >= 11 is 0. The molecule has 15 nitrogen and oxygen atoms in total. The van der Waals surface area contributed by atoms with Crippen molar-refractivity contribution in [1.82, 2.24) is 10.2 Å². The number of esters is 3. The number of piperidine rings is 1. The number of likely N-dealkylation sites (N-methyl/N-ethyl adjacent to an activating group) is 1. The number of benzene rings is 1. The van der Waals surface area contributed by atoms with E-state index in [4.69, 9.17) is 23.7 Å². The van der Waals surface area contributed by atoms with Crippen molar-refractivity contribution in [2.24, 2.45) is 0 Å². The zero-order chi connectivity index (χ0) is 34.8. The van der Waals surface area contributed by atoms with Gasteiger partial charge in [0.25, 0.3) is 0 Å². The molecule has 1 aromatic carbocycles. The van der Waals surface area contributed by atoms with Crippen molar-refractivity contribution in [3.05, 3.63) is 35.1 Å². The van der Waals surface area contributed by atoms with Gasteiger partial charge in [0.05, 0.1) is 31.0 Å². The minimum absolute atomic E-state index is 0.0901. The van der Waals surface area contributed by atoms with Gasteiger partial charge in [0.15, 0.2) is 23.7 Å². The van der Waals surface area contributed by atoms with E-state index in [0.29, 0.717) is 24.5 Å². The number of likely N-dealkylation sites (tertiary alicyclic amines) is 1. The Kier molecular flexibility index (Phi) is 10.5. The van der Waals surface area contributed by atoms with Crippen molar-refractivity contribution in [1.29, 1.82) is 0 Å². The van der Waals surface area contributed by atoms with Gasteiger partial charge in [-0.3, -0.25) is 14.4 Å². The molecule has 0 radical (unpaired) electrons. The molecule has 1 aliphatic carbocycles. The smallest absolute Gasteiger partial charge is 0.348 e. The van der Waals surface area contributed by atoms with Gasteiger partial charge in [0, 0.05) is 24.6 Å². The second-order valence-electron chi connectivity index (χ2n) is 12.2. The van der Waals surface area contributed by atoms with E-state index in [2.05, 4.69) is 10.2 Å². The third kappa shape index (κ3) is 6.64. The van der Waals surface area contributed by atoms with Gasteiger partial charge < -0.3 is 49.2 Å². The van der Waals surface area contributed by atoms with E-state index in [-0.39, 0.29) is 24.8 Å². The van der Waals surface area contributed by atoms with Crippen LogP contribution in [0.2, 0.25) is 0 Å². The van der Waals surface area contributed by atoms with Crippen LogP contribution in [0, 0.1) is 6.92 Å². The highest BCUT2D eigenvalue weighted by Gasteiger charge is 2.69. The molecule has 1 amide bonds. The first-order valence-corrected chi connectivity index (χ1v) is 15.3. The standard InChI is InChI=1S/C32H42N2O13/c1-16-7-8-20(43-6)26-25(16)31-12-14-34(5)19(4)32(31,42)11-9-21(27(31)47-26)45-24(37)15-22(30(41)44-18(3)29(39)40)46-23(36)10-13-33-28(38)17(2)35/h7-9,17-19,22,27,35,42H,10-15H2,1-6H3,(H,33,38)(H,39,40)/t17-,18-,19+,22-,27-,31-,32+/m0/s1. The van der Waals surface area contributed by atoms with Crippen LogP contribution in [0.3, 0.4) is 0 Å². The molecule has 0 unspecified atom stereocenters. The van der Waals surface area contributed by atoms with Crippen LogP contribution in [-0.4, -0.2) is 113 Å². The molecule has 1 spiro atoms. The molecule has 2 aliphatic heterocycles. The number of carboxylic acids is 1. The van der Waals surface area contributed by atoms with E-state index in [1.54, 1.807) is 12.1 Å². The number of methoxy groups -OCH3 is 1. The number of aryl methyl sites for hydroxylation is 1. The molecule has 4 rings (SSSR count). The van der Waals surface area contributed by atoms with Crippen LogP contribution in [0.1, 0.15) is 57.6 Å². The first-order valence-electron chi connectivity index (χ1n) is 15.3. The lowest BCUT2D eigenvalue weighted by Gasteiger charge is -2.58. The predicted octanol–water partition coefficient (Wildman–Crippen LogP) is 0.494. The number of hydrogen-bond acceptors (Lipinski definition) is 13. The number of aliphatic carboxylic acids is 1. The average Bonchev–Trinajstić information content (AvgIpc) is 3.38. The summed E-state index contributed by atoms with van der Waals surface area (Å²) in [6.07, 6.45) is -4.91. The Morgan fingerprint density at radius 2 is 1.85 bits per heavy atom. The normalized spacial score (nSPS) is 26.5. The molecule has 3 aliphatic rings. The number of ether oxygens (including phenoxy) is 5. The van der Waals surface area contributed by atoms with Crippen LogP contribution in [0.5, 0.6) is 11.5 Å². The molecule has 258 valence electrons. The molecule has 7 atom stereocenters. The van der Waals surface area contributed by atoms with Gasteiger partial charge in [0.1, 0.15) is 11.9 Å². The maximum absolute atomic E-state index is 13.4. The molecule has 15 heteroatoms. The molecular formula is C32H42N2O13. The monoisotopic (exact) mass is 662 g/mol. The van der Waals surface area contributed by atoms with E-state index in [1.165, 1.54) is 14.0 Å². The number of aliphatic hydroxyl groups excluding tert-OH is 1. The molecule has 1 fully saturated rings. The maximum Gasteiger partial charge on any atom is 0.348 e. The Bertz CT molecular complexity index is 1460. The lowest BCUT2D eigenvalue weighted by molar-refractivity contribution is -0.179. The molecule has 1 aromatic rings.